The van der Waals surface area contributed by atoms with Crippen LogP contribution in [0.4, 0.5) is 0 Å². The smallest absolute Gasteiger partial charge is 0.00882 e. The summed E-state index contributed by atoms with van der Waals surface area (Å²) in [6, 6.07) is 14.1. The third-order valence-electron chi connectivity index (χ3n) is 6.42. The topological polar surface area (TPSA) is 0 Å². The maximum absolute atomic E-state index is 2.41. The number of rotatable bonds is 3. The average molecular weight is 367 g/mol. The van der Waals surface area contributed by atoms with Crippen LogP contribution in [-0.4, -0.2) is 0 Å². The highest BCUT2D eigenvalue weighted by atomic mass is 14.2. The number of hydrogen-bond acceptors (Lipinski definition) is 0. The molecule has 4 rings (SSSR count). The standard InChI is InChI=1S/C28H30/c1-6-18(2)22-12-13-23-14-19(3)27(17-25(23)16-22)28-20(4)15-24-10-8-7-9-11-26(24)21(28)5/h7-9,11-18H,6,10H2,1-5H3. The minimum Gasteiger partial charge on any atom is -0.0801 e. The minimum absolute atomic E-state index is 0.600. The summed E-state index contributed by atoms with van der Waals surface area (Å²) in [6.07, 6.45) is 11.0. The van der Waals surface area contributed by atoms with E-state index < -0.39 is 0 Å². The first-order chi connectivity index (χ1) is 13.5. The number of allylic oxidation sites excluding steroid dienone is 3. The fourth-order valence-electron chi connectivity index (χ4n) is 4.56. The van der Waals surface area contributed by atoms with Gasteiger partial charge < -0.3 is 0 Å². The highest BCUT2D eigenvalue weighted by Crippen LogP contribution is 2.37. The van der Waals surface area contributed by atoms with Crippen molar-refractivity contribution in [1.82, 2.24) is 0 Å². The fraction of sp³-hybridized carbons (Fsp3) is 0.286. The molecule has 0 N–H and O–H groups in total. The molecule has 0 saturated carbocycles. The molecular weight excluding hydrogens is 336 g/mol. The Morgan fingerprint density at radius 1 is 0.893 bits per heavy atom. The lowest BCUT2D eigenvalue weighted by molar-refractivity contribution is 0.735. The molecule has 3 aromatic carbocycles. The van der Waals surface area contributed by atoms with Crippen LogP contribution in [0.5, 0.6) is 0 Å². The normalized spacial score (nSPS) is 14.2. The first kappa shape index (κ1) is 18.7. The van der Waals surface area contributed by atoms with E-state index in [1.165, 1.54) is 61.7 Å². The Morgan fingerprint density at radius 3 is 2.50 bits per heavy atom. The van der Waals surface area contributed by atoms with Gasteiger partial charge in [0.15, 0.2) is 0 Å². The van der Waals surface area contributed by atoms with E-state index in [-0.39, 0.29) is 0 Å². The Labute approximate surface area is 169 Å². The molecule has 1 unspecified atom stereocenters. The van der Waals surface area contributed by atoms with Crippen LogP contribution in [0.3, 0.4) is 0 Å². The van der Waals surface area contributed by atoms with Crippen molar-refractivity contribution in [3.63, 3.8) is 0 Å². The second-order valence-electron chi connectivity index (χ2n) is 8.34. The molecule has 0 saturated heterocycles. The molecule has 3 aromatic rings. The molecule has 1 aliphatic rings. The maximum Gasteiger partial charge on any atom is -0.00882 e. The van der Waals surface area contributed by atoms with Crippen molar-refractivity contribution in [3.8, 4) is 11.1 Å². The Kier molecular flexibility index (Phi) is 4.98. The number of fused-ring (bicyclic) bond motifs is 2. The summed E-state index contributed by atoms with van der Waals surface area (Å²) in [6.45, 7) is 11.4. The van der Waals surface area contributed by atoms with Crippen LogP contribution in [0.15, 0.2) is 54.6 Å². The van der Waals surface area contributed by atoms with Gasteiger partial charge in [-0.1, -0.05) is 68.5 Å². The summed E-state index contributed by atoms with van der Waals surface area (Å²) in [4.78, 5) is 0. The molecule has 0 nitrogen and oxygen atoms in total. The third-order valence-corrected chi connectivity index (χ3v) is 6.42. The van der Waals surface area contributed by atoms with E-state index in [1.807, 2.05) is 0 Å². The Bertz CT molecular complexity index is 1110. The van der Waals surface area contributed by atoms with Gasteiger partial charge in [0, 0.05) is 0 Å². The molecule has 0 spiro atoms. The van der Waals surface area contributed by atoms with Crippen molar-refractivity contribution in [2.24, 2.45) is 0 Å². The predicted octanol–water partition coefficient (Wildman–Crippen LogP) is 8.07. The van der Waals surface area contributed by atoms with Gasteiger partial charge in [-0.15, -0.1) is 0 Å². The van der Waals surface area contributed by atoms with E-state index in [2.05, 4.69) is 95.3 Å². The number of benzene rings is 3. The zero-order valence-corrected chi connectivity index (χ0v) is 17.8. The van der Waals surface area contributed by atoms with Crippen LogP contribution in [0.1, 0.15) is 59.6 Å². The molecule has 0 heterocycles. The quantitative estimate of drug-likeness (QED) is 0.439. The summed E-state index contributed by atoms with van der Waals surface area (Å²) in [5, 5.41) is 2.69. The van der Waals surface area contributed by atoms with Crippen LogP contribution < -0.4 is 0 Å². The lowest BCUT2D eigenvalue weighted by atomic mass is 9.85. The van der Waals surface area contributed by atoms with Gasteiger partial charge in [0.25, 0.3) is 0 Å². The maximum atomic E-state index is 2.41. The van der Waals surface area contributed by atoms with Gasteiger partial charge in [-0.25, -0.2) is 0 Å². The van der Waals surface area contributed by atoms with Crippen molar-refractivity contribution in [3.05, 3.63) is 88.0 Å². The van der Waals surface area contributed by atoms with Crippen molar-refractivity contribution in [1.29, 1.82) is 0 Å². The Morgan fingerprint density at radius 2 is 1.71 bits per heavy atom. The first-order valence-corrected chi connectivity index (χ1v) is 10.5. The fourth-order valence-corrected chi connectivity index (χ4v) is 4.56. The molecule has 28 heavy (non-hydrogen) atoms. The predicted molar refractivity (Wildman–Crippen MR) is 124 cm³/mol. The number of aryl methyl sites for hydroxylation is 2. The third kappa shape index (κ3) is 3.22. The highest BCUT2D eigenvalue weighted by molar-refractivity contribution is 5.91. The van der Waals surface area contributed by atoms with E-state index in [0.29, 0.717) is 5.92 Å². The van der Waals surface area contributed by atoms with Crippen LogP contribution in [0, 0.1) is 20.8 Å². The second-order valence-corrected chi connectivity index (χ2v) is 8.34. The van der Waals surface area contributed by atoms with Crippen molar-refractivity contribution >= 4 is 16.8 Å². The van der Waals surface area contributed by atoms with Crippen molar-refractivity contribution in [2.45, 2.75) is 53.4 Å². The van der Waals surface area contributed by atoms with Gasteiger partial charge in [-0.3, -0.25) is 0 Å². The molecule has 0 heteroatoms. The lowest BCUT2D eigenvalue weighted by Gasteiger charge is -2.19. The summed E-state index contributed by atoms with van der Waals surface area (Å²) >= 11 is 0. The lowest BCUT2D eigenvalue weighted by Crippen LogP contribution is -1.99. The van der Waals surface area contributed by atoms with Gasteiger partial charge in [0.2, 0.25) is 0 Å². The van der Waals surface area contributed by atoms with Crippen LogP contribution >= 0.6 is 0 Å². The molecule has 142 valence electrons. The van der Waals surface area contributed by atoms with Gasteiger partial charge in [-0.2, -0.15) is 0 Å². The van der Waals surface area contributed by atoms with Crippen molar-refractivity contribution < 1.29 is 0 Å². The van der Waals surface area contributed by atoms with E-state index in [0.717, 1.165) is 6.42 Å². The molecule has 1 atom stereocenters. The van der Waals surface area contributed by atoms with Crippen LogP contribution in [0.25, 0.3) is 28.0 Å². The largest absolute Gasteiger partial charge is 0.0801 e. The molecule has 0 amide bonds. The average Bonchev–Trinajstić information content (AvgIpc) is 2.93. The minimum atomic E-state index is 0.600. The van der Waals surface area contributed by atoms with E-state index in [4.69, 9.17) is 0 Å². The summed E-state index contributed by atoms with van der Waals surface area (Å²) < 4.78 is 0. The van der Waals surface area contributed by atoms with E-state index in [1.54, 1.807) is 0 Å². The van der Waals surface area contributed by atoms with Gasteiger partial charge >= 0.3 is 0 Å². The Balaban J connectivity index is 1.94. The van der Waals surface area contributed by atoms with E-state index in [9.17, 15) is 0 Å². The zero-order chi connectivity index (χ0) is 19.8. The van der Waals surface area contributed by atoms with Gasteiger partial charge in [0.05, 0.1) is 0 Å². The van der Waals surface area contributed by atoms with Crippen LogP contribution in [-0.2, 0) is 6.42 Å². The molecule has 0 bridgehead atoms. The second kappa shape index (κ2) is 7.43. The van der Waals surface area contributed by atoms with E-state index >= 15 is 0 Å². The van der Waals surface area contributed by atoms with Crippen molar-refractivity contribution in [2.75, 3.05) is 0 Å². The molecule has 0 aromatic heterocycles. The SMILES string of the molecule is CCC(C)c1ccc2cc(C)c(-c3c(C)cc4c(c3C)C=CC=CC4)cc2c1. The zero-order valence-electron chi connectivity index (χ0n) is 17.8. The molecule has 0 radical (unpaired) electrons. The Hall–Kier alpha value is -2.60. The monoisotopic (exact) mass is 366 g/mol. The molecule has 0 fully saturated rings. The molecule has 1 aliphatic carbocycles. The van der Waals surface area contributed by atoms with Crippen LogP contribution in [0.2, 0.25) is 0 Å². The van der Waals surface area contributed by atoms with Gasteiger partial charge in [0.1, 0.15) is 0 Å². The highest BCUT2D eigenvalue weighted by Gasteiger charge is 2.16. The molecule has 0 aliphatic heterocycles. The molecular formula is C28H30. The summed E-state index contributed by atoms with van der Waals surface area (Å²) in [5.41, 5.74) is 11.2. The van der Waals surface area contributed by atoms with Gasteiger partial charge in [-0.05, 0) is 101 Å². The summed E-state index contributed by atoms with van der Waals surface area (Å²) in [7, 11) is 0. The number of hydrogen-bond donors (Lipinski definition) is 0. The first-order valence-electron chi connectivity index (χ1n) is 10.5. The summed E-state index contributed by atoms with van der Waals surface area (Å²) in [5.74, 6) is 0.600.